The number of anilines is 2. The highest BCUT2D eigenvalue weighted by Gasteiger charge is 2.36. The number of hydrogen-bond donors (Lipinski definition) is 1. The van der Waals surface area contributed by atoms with Gasteiger partial charge in [-0.2, -0.15) is 0 Å². The molecule has 4 aliphatic rings. The van der Waals surface area contributed by atoms with Gasteiger partial charge in [-0.1, -0.05) is 12.1 Å². The second kappa shape index (κ2) is 13.5. The number of pyridine rings is 1. The standard InChI is InChI=1S/C35H45N5O3/c1-4-5-16-38(3)17-6-7-33(41)40-23-29(24-40)39-18-11-26(12-19-39)28-8-9-32-31(22-28)37-35-34(25(2)43-32)30(10-15-36-35)27-13-20-42-21-14-27/h1,6-10,15,22,25-27,29H,5,11-14,16-21,23-24H2,2-3H3,(H,36,37)/b7-6+/t25-/m1/s1. The number of piperidine rings is 1. The fourth-order valence-corrected chi connectivity index (χ4v) is 7.01. The number of benzene rings is 1. The molecule has 0 aliphatic carbocycles. The number of likely N-dealkylation sites (N-methyl/N-ethyl adjacent to an activating group) is 1. The molecule has 6 rings (SSSR count). The van der Waals surface area contributed by atoms with Gasteiger partial charge >= 0.3 is 0 Å². The van der Waals surface area contributed by atoms with Crippen molar-refractivity contribution >= 4 is 17.4 Å². The molecule has 1 atom stereocenters. The Morgan fingerprint density at radius 3 is 2.72 bits per heavy atom. The maximum Gasteiger partial charge on any atom is 0.246 e. The summed E-state index contributed by atoms with van der Waals surface area (Å²) in [7, 11) is 2.02. The first kappa shape index (κ1) is 29.7. The molecule has 3 saturated heterocycles. The molecule has 1 amide bonds. The fourth-order valence-electron chi connectivity index (χ4n) is 7.01. The van der Waals surface area contributed by atoms with Crippen molar-refractivity contribution in [1.82, 2.24) is 19.7 Å². The van der Waals surface area contributed by atoms with Gasteiger partial charge in [-0.25, -0.2) is 4.98 Å². The zero-order chi connectivity index (χ0) is 29.8. The number of rotatable bonds is 8. The van der Waals surface area contributed by atoms with Crippen LogP contribution in [0.5, 0.6) is 5.75 Å². The van der Waals surface area contributed by atoms with Crippen molar-refractivity contribution in [3.63, 3.8) is 0 Å². The molecule has 8 heteroatoms. The predicted molar refractivity (Wildman–Crippen MR) is 170 cm³/mol. The van der Waals surface area contributed by atoms with Gasteiger partial charge in [-0.05, 0) is 93.9 Å². The smallest absolute Gasteiger partial charge is 0.246 e. The van der Waals surface area contributed by atoms with Crippen molar-refractivity contribution < 1.29 is 14.3 Å². The van der Waals surface area contributed by atoms with Crippen LogP contribution in [0.15, 0.2) is 42.6 Å². The van der Waals surface area contributed by atoms with E-state index in [9.17, 15) is 4.79 Å². The minimum Gasteiger partial charge on any atom is -0.484 e. The monoisotopic (exact) mass is 583 g/mol. The predicted octanol–water partition coefficient (Wildman–Crippen LogP) is 5.07. The van der Waals surface area contributed by atoms with Crippen LogP contribution in [0.4, 0.5) is 11.5 Å². The van der Waals surface area contributed by atoms with Gasteiger partial charge in [-0.3, -0.25) is 9.69 Å². The third-order valence-electron chi connectivity index (χ3n) is 9.66. The van der Waals surface area contributed by atoms with E-state index in [2.05, 4.69) is 52.2 Å². The molecular weight excluding hydrogens is 538 g/mol. The average Bonchev–Trinajstić information content (AvgIpc) is 3.15. The summed E-state index contributed by atoms with van der Waals surface area (Å²) >= 11 is 0. The van der Waals surface area contributed by atoms with E-state index in [4.69, 9.17) is 20.9 Å². The summed E-state index contributed by atoms with van der Waals surface area (Å²) in [5.74, 6) is 5.56. The Kier molecular flexibility index (Phi) is 9.32. The quantitative estimate of drug-likeness (QED) is 0.344. The number of amides is 1. The Labute approximate surface area is 256 Å². The molecule has 3 fully saturated rings. The number of fused-ring (bicyclic) bond motifs is 2. The first-order valence-corrected chi connectivity index (χ1v) is 16.0. The van der Waals surface area contributed by atoms with Crippen molar-refractivity contribution in [1.29, 1.82) is 0 Å². The van der Waals surface area contributed by atoms with Crippen molar-refractivity contribution in [3.8, 4) is 18.1 Å². The van der Waals surface area contributed by atoms with E-state index < -0.39 is 0 Å². The number of nitrogens with zero attached hydrogens (tertiary/aromatic N) is 4. The summed E-state index contributed by atoms with van der Waals surface area (Å²) in [6, 6.07) is 9.29. The van der Waals surface area contributed by atoms with Crippen LogP contribution in [0.25, 0.3) is 0 Å². The van der Waals surface area contributed by atoms with Gasteiger partial charge in [0.15, 0.2) is 0 Å². The van der Waals surface area contributed by atoms with Gasteiger partial charge in [0.2, 0.25) is 5.91 Å². The molecule has 0 saturated carbocycles. The maximum absolute atomic E-state index is 12.6. The Bertz CT molecular complexity index is 1350. The highest BCUT2D eigenvalue weighted by molar-refractivity contribution is 5.88. The van der Waals surface area contributed by atoms with E-state index in [1.165, 1.54) is 16.7 Å². The van der Waals surface area contributed by atoms with Crippen molar-refractivity contribution in [2.45, 2.75) is 63.0 Å². The number of ether oxygens (including phenoxy) is 2. The molecule has 0 unspecified atom stereocenters. The zero-order valence-electron chi connectivity index (χ0n) is 25.6. The molecule has 4 aliphatic heterocycles. The number of terminal acetylenes is 1. The SMILES string of the molecule is C#CCCN(C)C/C=C/C(=O)N1CC(N2CCC(c3ccc4c(c3)Nc3nccc(C5CCOCC5)c3[C@@H](C)O4)CC2)C1. The molecule has 5 heterocycles. The lowest BCUT2D eigenvalue weighted by atomic mass is 9.87. The van der Waals surface area contributed by atoms with E-state index in [1.54, 1.807) is 6.08 Å². The van der Waals surface area contributed by atoms with Gasteiger partial charge in [0.05, 0.1) is 5.69 Å². The molecule has 0 radical (unpaired) electrons. The Hall–Kier alpha value is -3.38. The lowest BCUT2D eigenvalue weighted by molar-refractivity contribution is -0.133. The number of carbonyl (C=O) groups excluding carboxylic acids is 1. The van der Waals surface area contributed by atoms with Crippen molar-refractivity contribution in [2.24, 2.45) is 0 Å². The largest absolute Gasteiger partial charge is 0.484 e. The Balaban J connectivity index is 1.03. The van der Waals surface area contributed by atoms with Gasteiger partial charge in [0.25, 0.3) is 0 Å². The Morgan fingerprint density at radius 2 is 1.95 bits per heavy atom. The number of likely N-dealkylation sites (tertiary alicyclic amines) is 2. The number of hydrogen-bond acceptors (Lipinski definition) is 7. The van der Waals surface area contributed by atoms with Crippen LogP contribution in [-0.2, 0) is 9.53 Å². The van der Waals surface area contributed by atoms with Crippen LogP contribution in [-0.4, -0.2) is 91.2 Å². The summed E-state index contributed by atoms with van der Waals surface area (Å²) in [5.41, 5.74) is 4.88. The molecule has 0 bridgehead atoms. The summed E-state index contributed by atoms with van der Waals surface area (Å²) in [6.45, 7) is 9.10. The Morgan fingerprint density at radius 1 is 1.16 bits per heavy atom. The molecule has 43 heavy (non-hydrogen) atoms. The fraction of sp³-hybridized carbons (Fsp3) is 0.543. The molecule has 0 spiro atoms. The van der Waals surface area contributed by atoms with Gasteiger partial charge < -0.3 is 24.6 Å². The molecular formula is C35H45N5O3. The number of aromatic nitrogens is 1. The minimum absolute atomic E-state index is 0.0750. The molecule has 8 nitrogen and oxygen atoms in total. The lowest BCUT2D eigenvalue weighted by Crippen LogP contribution is -2.61. The van der Waals surface area contributed by atoms with Crippen LogP contribution < -0.4 is 10.1 Å². The van der Waals surface area contributed by atoms with Crippen LogP contribution in [0.3, 0.4) is 0 Å². The second-order valence-electron chi connectivity index (χ2n) is 12.5. The average molecular weight is 584 g/mol. The lowest BCUT2D eigenvalue weighted by Gasteiger charge is -2.47. The number of nitrogens with one attached hydrogen (secondary N) is 1. The third kappa shape index (κ3) is 6.75. The third-order valence-corrected chi connectivity index (χ3v) is 9.66. The molecule has 1 aromatic carbocycles. The molecule has 2 aromatic rings. The summed E-state index contributed by atoms with van der Waals surface area (Å²) in [6.07, 6.45) is 15.9. The van der Waals surface area contributed by atoms with Gasteiger partial charge in [0.1, 0.15) is 17.7 Å². The van der Waals surface area contributed by atoms with Crippen molar-refractivity contribution in [3.05, 3.63) is 59.3 Å². The van der Waals surface area contributed by atoms with E-state index in [0.29, 0.717) is 17.9 Å². The first-order chi connectivity index (χ1) is 21.0. The topological polar surface area (TPSA) is 70.2 Å². The van der Waals surface area contributed by atoms with Crippen LogP contribution in [0.2, 0.25) is 0 Å². The highest BCUT2D eigenvalue weighted by atomic mass is 16.5. The molecule has 1 aromatic heterocycles. The van der Waals surface area contributed by atoms with Crippen molar-refractivity contribution in [2.75, 3.05) is 64.8 Å². The van der Waals surface area contributed by atoms with E-state index in [-0.39, 0.29) is 12.0 Å². The zero-order valence-corrected chi connectivity index (χ0v) is 25.6. The minimum atomic E-state index is -0.0750. The van der Waals surface area contributed by atoms with E-state index >= 15 is 0 Å². The van der Waals surface area contributed by atoms with E-state index in [1.807, 2.05) is 24.2 Å². The first-order valence-electron chi connectivity index (χ1n) is 16.0. The van der Waals surface area contributed by atoms with E-state index in [0.717, 1.165) is 102 Å². The molecule has 1 N–H and O–H groups in total. The van der Waals surface area contributed by atoms with Crippen LogP contribution in [0.1, 0.15) is 73.7 Å². The maximum atomic E-state index is 12.6. The number of carbonyl (C=O) groups is 1. The molecule has 228 valence electrons. The highest BCUT2D eigenvalue weighted by Crippen LogP contribution is 2.44. The van der Waals surface area contributed by atoms with Crippen LogP contribution in [0, 0.1) is 12.3 Å². The summed E-state index contributed by atoms with van der Waals surface area (Å²) < 4.78 is 12.1. The summed E-state index contributed by atoms with van der Waals surface area (Å²) in [5, 5.41) is 3.65. The van der Waals surface area contributed by atoms with Crippen LogP contribution >= 0.6 is 0 Å². The summed E-state index contributed by atoms with van der Waals surface area (Å²) in [4.78, 5) is 24.0. The normalized spacial score (nSPS) is 21.8. The van der Waals surface area contributed by atoms with Gasteiger partial charge in [0, 0.05) is 69.7 Å². The second-order valence-corrected chi connectivity index (χ2v) is 12.5. The van der Waals surface area contributed by atoms with Gasteiger partial charge in [-0.15, -0.1) is 12.3 Å².